The number of aromatic nitrogens is 1. The van der Waals surface area contributed by atoms with Gasteiger partial charge in [-0.25, -0.2) is 0 Å². The number of benzene rings is 1. The Morgan fingerprint density at radius 2 is 1.96 bits per heavy atom. The van der Waals surface area contributed by atoms with E-state index in [0.29, 0.717) is 12.5 Å². The van der Waals surface area contributed by atoms with Gasteiger partial charge in [-0.15, -0.1) is 0 Å². The number of aryl methyl sites for hydroxylation is 1. The van der Waals surface area contributed by atoms with Crippen LogP contribution in [-0.2, 0) is 13.6 Å². The summed E-state index contributed by atoms with van der Waals surface area (Å²) in [6, 6.07) is 12.2. The van der Waals surface area contributed by atoms with Crippen LogP contribution < -0.4 is 10.9 Å². The third-order valence-corrected chi connectivity index (χ3v) is 5.67. The molecule has 0 unspecified atom stereocenters. The van der Waals surface area contributed by atoms with Crippen LogP contribution >= 0.6 is 0 Å². The third kappa shape index (κ3) is 4.66. The fourth-order valence-corrected chi connectivity index (χ4v) is 3.76. The first kappa shape index (κ1) is 19.4. The van der Waals surface area contributed by atoms with Gasteiger partial charge in [0, 0.05) is 32.4 Å². The van der Waals surface area contributed by atoms with Crippen molar-refractivity contribution in [2.75, 3.05) is 19.6 Å². The summed E-state index contributed by atoms with van der Waals surface area (Å²) in [5.41, 5.74) is 3.19. The first-order valence-electron chi connectivity index (χ1n) is 9.67. The standard InChI is InChI=1S/C22H29N3O2/c1-16-13-20(22(27)24(3)17(16)2)21(26)23-11-9-19-10-12-25(15-19)14-18-7-5-4-6-8-18/h4-8,13,19H,9-12,14-15H2,1-3H3,(H,23,26)/t19-/m0/s1. The minimum atomic E-state index is -0.266. The maximum Gasteiger partial charge on any atom is 0.263 e. The van der Waals surface area contributed by atoms with E-state index >= 15 is 0 Å². The number of amides is 1. The van der Waals surface area contributed by atoms with E-state index in [1.54, 1.807) is 17.7 Å². The van der Waals surface area contributed by atoms with Gasteiger partial charge >= 0.3 is 0 Å². The summed E-state index contributed by atoms with van der Waals surface area (Å²) in [6.07, 6.45) is 2.11. The number of carbonyl (C=O) groups is 1. The number of rotatable bonds is 6. The van der Waals surface area contributed by atoms with E-state index in [-0.39, 0.29) is 17.0 Å². The number of pyridine rings is 1. The largest absolute Gasteiger partial charge is 0.352 e. The second-order valence-electron chi connectivity index (χ2n) is 7.61. The van der Waals surface area contributed by atoms with Gasteiger partial charge in [-0.3, -0.25) is 14.5 Å². The lowest BCUT2D eigenvalue weighted by Gasteiger charge is -2.16. The molecule has 1 aromatic heterocycles. The zero-order valence-corrected chi connectivity index (χ0v) is 16.5. The van der Waals surface area contributed by atoms with E-state index in [2.05, 4.69) is 34.5 Å². The van der Waals surface area contributed by atoms with Gasteiger partial charge in [0.1, 0.15) is 5.56 Å². The average molecular weight is 367 g/mol. The Bertz CT molecular complexity index is 858. The molecule has 2 heterocycles. The lowest BCUT2D eigenvalue weighted by Crippen LogP contribution is -2.34. The molecule has 2 aromatic rings. The molecule has 1 atom stereocenters. The second kappa shape index (κ2) is 8.53. The Morgan fingerprint density at radius 1 is 1.22 bits per heavy atom. The van der Waals surface area contributed by atoms with Gasteiger partial charge in [0.05, 0.1) is 0 Å². The molecule has 5 heteroatoms. The van der Waals surface area contributed by atoms with Crippen LogP contribution in [0.25, 0.3) is 0 Å². The van der Waals surface area contributed by atoms with Gasteiger partial charge in [0.2, 0.25) is 0 Å². The topological polar surface area (TPSA) is 54.3 Å². The maximum atomic E-state index is 12.4. The van der Waals surface area contributed by atoms with Crippen molar-refractivity contribution in [1.29, 1.82) is 0 Å². The van der Waals surface area contributed by atoms with Crippen molar-refractivity contribution in [3.63, 3.8) is 0 Å². The predicted octanol–water partition coefficient (Wildman–Crippen LogP) is 2.64. The second-order valence-corrected chi connectivity index (χ2v) is 7.61. The minimum absolute atomic E-state index is 0.231. The third-order valence-electron chi connectivity index (χ3n) is 5.67. The van der Waals surface area contributed by atoms with Gasteiger partial charge in [-0.05, 0) is 56.3 Å². The molecule has 5 nitrogen and oxygen atoms in total. The van der Waals surface area contributed by atoms with Gasteiger partial charge in [0.15, 0.2) is 0 Å². The molecule has 27 heavy (non-hydrogen) atoms. The van der Waals surface area contributed by atoms with Crippen LogP contribution in [0.2, 0.25) is 0 Å². The van der Waals surface area contributed by atoms with E-state index in [1.165, 1.54) is 5.56 Å². The smallest absolute Gasteiger partial charge is 0.263 e. The average Bonchev–Trinajstić information content (AvgIpc) is 3.11. The predicted molar refractivity (Wildman–Crippen MR) is 108 cm³/mol. The zero-order valence-electron chi connectivity index (χ0n) is 16.5. The van der Waals surface area contributed by atoms with Crippen LogP contribution in [0.5, 0.6) is 0 Å². The highest BCUT2D eigenvalue weighted by molar-refractivity contribution is 5.94. The number of likely N-dealkylation sites (tertiary alicyclic amines) is 1. The van der Waals surface area contributed by atoms with Crippen molar-refractivity contribution in [2.45, 2.75) is 33.2 Å². The Labute approximate surface area is 161 Å². The maximum absolute atomic E-state index is 12.4. The summed E-state index contributed by atoms with van der Waals surface area (Å²) in [5.74, 6) is 0.328. The molecule has 0 radical (unpaired) electrons. The summed E-state index contributed by atoms with van der Waals surface area (Å²) >= 11 is 0. The first-order valence-corrected chi connectivity index (χ1v) is 9.67. The van der Waals surface area contributed by atoms with Gasteiger partial charge in [-0.2, -0.15) is 0 Å². The molecule has 0 bridgehead atoms. The molecule has 0 saturated carbocycles. The fraction of sp³-hybridized carbons (Fsp3) is 0.455. The number of carbonyl (C=O) groups excluding carboxylic acids is 1. The monoisotopic (exact) mass is 367 g/mol. The molecule has 1 saturated heterocycles. The lowest BCUT2D eigenvalue weighted by atomic mass is 10.1. The van der Waals surface area contributed by atoms with E-state index in [0.717, 1.165) is 43.7 Å². The molecule has 1 amide bonds. The van der Waals surface area contributed by atoms with Crippen LogP contribution in [-0.4, -0.2) is 35.0 Å². The molecule has 3 rings (SSSR count). The fourth-order valence-electron chi connectivity index (χ4n) is 3.76. The van der Waals surface area contributed by atoms with E-state index in [1.807, 2.05) is 19.9 Å². The number of nitrogens with zero attached hydrogens (tertiary/aromatic N) is 2. The highest BCUT2D eigenvalue weighted by Crippen LogP contribution is 2.21. The molecule has 1 aromatic carbocycles. The molecule has 144 valence electrons. The summed E-state index contributed by atoms with van der Waals surface area (Å²) in [5, 5.41) is 2.93. The molecule has 0 spiro atoms. The number of hydrogen-bond donors (Lipinski definition) is 1. The van der Waals surface area contributed by atoms with Crippen molar-refractivity contribution in [1.82, 2.24) is 14.8 Å². The highest BCUT2D eigenvalue weighted by Gasteiger charge is 2.22. The summed E-state index contributed by atoms with van der Waals surface area (Å²) in [6.45, 7) is 7.58. The van der Waals surface area contributed by atoms with Gasteiger partial charge in [-0.1, -0.05) is 30.3 Å². The summed E-state index contributed by atoms with van der Waals surface area (Å²) in [4.78, 5) is 27.2. The Morgan fingerprint density at radius 3 is 2.70 bits per heavy atom. The van der Waals surface area contributed by atoms with Crippen molar-refractivity contribution < 1.29 is 4.79 Å². The minimum Gasteiger partial charge on any atom is -0.352 e. The van der Waals surface area contributed by atoms with Crippen LogP contribution in [0, 0.1) is 19.8 Å². The highest BCUT2D eigenvalue weighted by atomic mass is 16.2. The molecular weight excluding hydrogens is 338 g/mol. The first-order chi connectivity index (χ1) is 13.0. The summed E-state index contributed by atoms with van der Waals surface area (Å²) in [7, 11) is 1.71. The lowest BCUT2D eigenvalue weighted by molar-refractivity contribution is 0.0949. The quantitative estimate of drug-likeness (QED) is 0.854. The number of hydrogen-bond acceptors (Lipinski definition) is 3. The normalized spacial score (nSPS) is 17.2. The number of nitrogens with one attached hydrogen (secondary N) is 1. The molecule has 0 aliphatic carbocycles. The van der Waals surface area contributed by atoms with Crippen molar-refractivity contribution >= 4 is 5.91 Å². The van der Waals surface area contributed by atoms with Crippen molar-refractivity contribution in [2.24, 2.45) is 13.0 Å². The van der Waals surface area contributed by atoms with Crippen molar-refractivity contribution in [3.8, 4) is 0 Å². The molecule has 1 fully saturated rings. The Balaban J connectivity index is 1.48. The van der Waals surface area contributed by atoms with Crippen LogP contribution in [0.1, 0.15) is 40.0 Å². The van der Waals surface area contributed by atoms with Crippen LogP contribution in [0.15, 0.2) is 41.2 Å². The molecular formula is C22H29N3O2. The van der Waals surface area contributed by atoms with Gasteiger partial charge in [0.25, 0.3) is 11.5 Å². The molecule has 1 aliphatic rings. The van der Waals surface area contributed by atoms with Gasteiger partial charge < -0.3 is 9.88 Å². The molecule has 1 aliphatic heterocycles. The Hall–Kier alpha value is -2.40. The van der Waals surface area contributed by atoms with E-state index in [9.17, 15) is 9.59 Å². The van der Waals surface area contributed by atoms with Crippen molar-refractivity contribution in [3.05, 3.63) is 69.1 Å². The molecule has 1 N–H and O–H groups in total. The summed E-state index contributed by atoms with van der Waals surface area (Å²) < 4.78 is 1.54. The SMILES string of the molecule is Cc1cc(C(=O)NCC[C@H]2CCN(Cc3ccccc3)C2)c(=O)n(C)c1C. The van der Waals surface area contributed by atoms with Crippen LogP contribution in [0.4, 0.5) is 0 Å². The van der Waals surface area contributed by atoms with Crippen LogP contribution in [0.3, 0.4) is 0 Å². The zero-order chi connectivity index (χ0) is 19.4. The van der Waals surface area contributed by atoms with E-state index in [4.69, 9.17) is 0 Å². The Kier molecular flexibility index (Phi) is 6.11. The van der Waals surface area contributed by atoms with E-state index < -0.39 is 0 Å².